The van der Waals surface area contributed by atoms with Crippen molar-refractivity contribution in [3.63, 3.8) is 0 Å². The van der Waals surface area contributed by atoms with Crippen molar-refractivity contribution in [1.29, 1.82) is 0 Å². The summed E-state index contributed by atoms with van der Waals surface area (Å²) >= 11 is 0. The van der Waals surface area contributed by atoms with E-state index in [-0.39, 0.29) is 18.4 Å². The molecule has 30 heavy (non-hydrogen) atoms. The molecule has 2 atom stereocenters. The first-order valence-corrected chi connectivity index (χ1v) is 10.6. The van der Waals surface area contributed by atoms with E-state index >= 15 is 0 Å². The van der Waals surface area contributed by atoms with Crippen LogP contribution in [0.4, 0.5) is 10.5 Å². The van der Waals surface area contributed by atoms with E-state index in [0.717, 1.165) is 46.5 Å². The summed E-state index contributed by atoms with van der Waals surface area (Å²) in [5.41, 5.74) is 2.64. The molecule has 6 nitrogen and oxygen atoms in total. The largest absolute Gasteiger partial charge is 0.325 e. The third-order valence-corrected chi connectivity index (χ3v) is 6.33. The second kappa shape index (κ2) is 7.94. The van der Waals surface area contributed by atoms with E-state index in [1.807, 2.05) is 48.5 Å². The molecule has 0 unspecified atom stereocenters. The number of benzene rings is 2. The van der Waals surface area contributed by atoms with Crippen LogP contribution < -0.4 is 10.6 Å². The van der Waals surface area contributed by atoms with Crippen molar-refractivity contribution in [3.8, 4) is 0 Å². The van der Waals surface area contributed by atoms with Gasteiger partial charge in [0.25, 0.3) is 5.91 Å². The molecule has 2 N–H and O–H groups in total. The third kappa shape index (κ3) is 3.36. The Morgan fingerprint density at radius 1 is 1.17 bits per heavy atom. The van der Waals surface area contributed by atoms with Gasteiger partial charge in [-0.15, -0.1) is 0 Å². The van der Waals surface area contributed by atoms with Gasteiger partial charge in [-0.05, 0) is 54.4 Å². The van der Waals surface area contributed by atoms with E-state index in [9.17, 15) is 14.4 Å². The predicted molar refractivity (Wildman–Crippen MR) is 115 cm³/mol. The van der Waals surface area contributed by atoms with E-state index in [1.54, 1.807) is 0 Å². The summed E-state index contributed by atoms with van der Waals surface area (Å²) in [5, 5.41) is 5.78. The first-order chi connectivity index (χ1) is 14.5. The van der Waals surface area contributed by atoms with Crippen molar-refractivity contribution < 1.29 is 14.4 Å². The molecule has 1 heterocycles. The van der Waals surface area contributed by atoms with Gasteiger partial charge >= 0.3 is 6.03 Å². The van der Waals surface area contributed by atoms with Crippen LogP contribution in [0.5, 0.6) is 0 Å². The average molecular weight is 405 g/mol. The van der Waals surface area contributed by atoms with E-state index in [4.69, 9.17) is 0 Å². The fraction of sp³-hybridized carbons (Fsp3) is 0.375. The van der Waals surface area contributed by atoms with E-state index in [0.29, 0.717) is 12.3 Å². The Morgan fingerprint density at radius 2 is 1.90 bits per heavy atom. The first-order valence-electron chi connectivity index (χ1n) is 10.6. The molecule has 4 amide bonds. The molecular formula is C24H27N3O3. The molecule has 2 aromatic carbocycles. The van der Waals surface area contributed by atoms with Gasteiger partial charge in [0.05, 0.1) is 0 Å². The number of nitrogens with zero attached hydrogens (tertiary/aromatic N) is 1. The number of rotatable bonds is 5. The van der Waals surface area contributed by atoms with Crippen LogP contribution in [0.25, 0.3) is 0 Å². The Morgan fingerprint density at radius 3 is 2.70 bits per heavy atom. The Kier molecular flexibility index (Phi) is 5.33. The molecule has 1 fully saturated rings. The molecule has 0 bridgehead atoms. The lowest BCUT2D eigenvalue weighted by atomic mass is 9.76. The zero-order chi connectivity index (χ0) is 21.3. The highest BCUT2D eigenvalue weighted by Crippen LogP contribution is 2.39. The smallest absolute Gasteiger partial charge is 0.324 e. The summed E-state index contributed by atoms with van der Waals surface area (Å²) < 4.78 is 0. The second-order valence-electron chi connectivity index (χ2n) is 8.18. The highest BCUT2D eigenvalue weighted by molar-refractivity contribution is 6.10. The number of fused-ring (bicyclic) bond motifs is 2. The van der Waals surface area contributed by atoms with Crippen molar-refractivity contribution >= 4 is 23.5 Å². The fourth-order valence-electron chi connectivity index (χ4n) is 4.55. The van der Waals surface area contributed by atoms with Gasteiger partial charge < -0.3 is 10.6 Å². The number of carbonyl (C=O) groups excluding carboxylic acids is 3. The molecule has 2 aliphatic rings. The lowest BCUT2D eigenvalue weighted by Crippen LogP contribution is -2.47. The minimum absolute atomic E-state index is 0.292. The van der Waals surface area contributed by atoms with Crippen LogP contribution in [-0.2, 0) is 21.5 Å². The molecule has 156 valence electrons. The van der Waals surface area contributed by atoms with E-state index < -0.39 is 11.6 Å². The van der Waals surface area contributed by atoms with Gasteiger partial charge in [-0.1, -0.05) is 56.3 Å². The molecule has 1 aliphatic carbocycles. The number of imide groups is 1. The molecule has 0 saturated carbocycles. The fourth-order valence-corrected chi connectivity index (χ4v) is 4.55. The van der Waals surface area contributed by atoms with Crippen LogP contribution in [0.3, 0.4) is 0 Å². The molecule has 2 aromatic rings. The molecule has 1 spiro atoms. The highest BCUT2D eigenvalue weighted by atomic mass is 16.2. The predicted octanol–water partition coefficient (Wildman–Crippen LogP) is 3.92. The SMILES string of the molecule is CC[C@H](C)c1ccccc1NC(=O)CN1C(=O)N[C@@]2(CCCc3ccccc32)C1=O. The maximum Gasteiger partial charge on any atom is 0.325 e. The lowest BCUT2D eigenvalue weighted by Gasteiger charge is -2.33. The van der Waals surface area contributed by atoms with E-state index in [1.165, 1.54) is 0 Å². The molecule has 4 rings (SSSR count). The van der Waals surface area contributed by atoms with Gasteiger partial charge in [0.2, 0.25) is 5.91 Å². The number of aryl methyl sites for hydroxylation is 1. The average Bonchev–Trinajstić information content (AvgIpc) is 2.98. The normalized spacial score (nSPS) is 21.3. The number of urea groups is 1. The molecule has 1 saturated heterocycles. The van der Waals surface area contributed by atoms with Crippen LogP contribution >= 0.6 is 0 Å². The van der Waals surface area contributed by atoms with Gasteiger partial charge in [-0.2, -0.15) is 0 Å². The molecule has 0 aromatic heterocycles. The summed E-state index contributed by atoms with van der Waals surface area (Å²) in [5.74, 6) is -0.430. The zero-order valence-corrected chi connectivity index (χ0v) is 17.4. The molecule has 6 heteroatoms. The monoisotopic (exact) mass is 405 g/mol. The molecule has 0 radical (unpaired) electrons. The van der Waals surface area contributed by atoms with Crippen LogP contribution in [-0.4, -0.2) is 29.3 Å². The Balaban J connectivity index is 1.54. The summed E-state index contributed by atoms with van der Waals surface area (Å²) in [7, 11) is 0. The third-order valence-electron chi connectivity index (χ3n) is 6.33. The lowest BCUT2D eigenvalue weighted by molar-refractivity contribution is -0.134. The van der Waals surface area contributed by atoms with Crippen LogP contribution in [0.1, 0.15) is 55.7 Å². The van der Waals surface area contributed by atoms with Gasteiger partial charge in [0.15, 0.2) is 0 Å². The van der Waals surface area contributed by atoms with Crippen molar-refractivity contribution in [1.82, 2.24) is 10.2 Å². The Hall–Kier alpha value is -3.15. The van der Waals surface area contributed by atoms with Crippen LogP contribution in [0.15, 0.2) is 48.5 Å². The minimum Gasteiger partial charge on any atom is -0.324 e. The van der Waals surface area contributed by atoms with Crippen molar-refractivity contribution in [2.45, 2.75) is 51.0 Å². The number of para-hydroxylation sites is 1. The second-order valence-corrected chi connectivity index (χ2v) is 8.18. The molecular weight excluding hydrogens is 378 g/mol. The minimum atomic E-state index is -1.05. The summed E-state index contributed by atoms with van der Waals surface area (Å²) in [6, 6.07) is 14.9. The van der Waals surface area contributed by atoms with E-state index in [2.05, 4.69) is 24.5 Å². The Bertz CT molecular complexity index is 1000. The Labute approximate surface area is 176 Å². The van der Waals surface area contributed by atoms with Gasteiger partial charge in [0.1, 0.15) is 12.1 Å². The summed E-state index contributed by atoms with van der Waals surface area (Å²) in [6.07, 6.45) is 3.19. The number of hydrogen-bond donors (Lipinski definition) is 2. The van der Waals surface area contributed by atoms with Crippen LogP contribution in [0.2, 0.25) is 0 Å². The van der Waals surface area contributed by atoms with Crippen LogP contribution in [0, 0.1) is 0 Å². The van der Waals surface area contributed by atoms with Gasteiger partial charge in [0, 0.05) is 5.69 Å². The van der Waals surface area contributed by atoms with Gasteiger partial charge in [-0.25, -0.2) is 4.79 Å². The number of anilines is 1. The standard InChI is InChI=1S/C24H27N3O3/c1-3-16(2)18-11-5-7-13-20(18)25-21(28)15-27-22(29)24(26-23(27)30)14-8-10-17-9-4-6-12-19(17)24/h4-7,9,11-13,16H,3,8,10,14-15H2,1-2H3,(H,25,28)(H,26,30)/t16-,24+/m0/s1. The number of hydrogen-bond acceptors (Lipinski definition) is 3. The van der Waals surface area contributed by atoms with Crippen molar-refractivity contribution in [2.75, 3.05) is 11.9 Å². The van der Waals surface area contributed by atoms with Crippen molar-refractivity contribution in [3.05, 3.63) is 65.2 Å². The molecule has 1 aliphatic heterocycles. The first kappa shape index (κ1) is 20.1. The van der Waals surface area contributed by atoms with Gasteiger partial charge in [-0.3, -0.25) is 14.5 Å². The number of nitrogens with one attached hydrogen (secondary N) is 2. The number of amides is 4. The summed E-state index contributed by atoms with van der Waals surface area (Å²) in [6.45, 7) is 3.90. The van der Waals surface area contributed by atoms with Crippen molar-refractivity contribution in [2.24, 2.45) is 0 Å². The zero-order valence-electron chi connectivity index (χ0n) is 17.4. The maximum atomic E-state index is 13.3. The topological polar surface area (TPSA) is 78.5 Å². The summed E-state index contributed by atoms with van der Waals surface area (Å²) in [4.78, 5) is 39.8. The maximum absolute atomic E-state index is 13.3. The number of carbonyl (C=O) groups is 3. The highest BCUT2D eigenvalue weighted by Gasteiger charge is 2.54. The quantitative estimate of drug-likeness (QED) is 0.740.